The largest absolute Gasteiger partial charge is 0.393 e. The molecule has 0 radical (unpaired) electrons. The molecule has 1 aliphatic carbocycles. The highest BCUT2D eigenvalue weighted by Crippen LogP contribution is 2.38. The highest BCUT2D eigenvalue weighted by atomic mass is 19.1. The molecule has 2 N–H and O–H groups in total. The summed E-state index contributed by atoms with van der Waals surface area (Å²) in [6.45, 7) is 5.66. The number of fused-ring (bicyclic) bond motifs is 1. The third kappa shape index (κ3) is 5.64. The topological polar surface area (TPSA) is 83.3 Å². The molecule has 1 atom stereocenters. The van der Waals surface area contributed by atoms with E-state index < -0.39 is 0 Å². The van der Waals surface area contributed by atoms with Crippen LogP contribution in [0.25, 0.3) is 11.0 Å². The van der Waals surface area contributed by atoms with Crippen molar-refractivity contribution in [2.75, 3.05) is 18.4 Å². The Hall–Kier alpha value is -3.00. The van der Waals surface area contributed by atoms with E-state index in [1.54, 1.807) is 12.1 Å². The number of aromatic nitrogens is 3. The van der Waals surface area contributed by atoms with Crippen molar-refractivity contribution in [3.05, 3.63) is 53.6 Å². The van der Waals surface area contributed by atoms with Gasteiger partial charge >= 0.3 is 0 Å². The van der Waals surface area contributed by atoms with Gasteiger partial charge in [-0.15, -0.1) is 0 Å². The van der Waals surface area contributed by atoms with E-state index in [0.29, 0.717) is 42.6 Å². The third-order valence-electron chi connectivity index (χ3n) is 8.07. The Morgan fingerprint density at radius 2 is 1.84 bits per heavy atom. The number of carbonyl (C=O) groups is 1. The average molecular weight is 508 g/mol. The van der Waals surface area contributed by atoms with Crippen molar-refractivity contribution in [3.8, 4) is 0 Å². The minimum absolute atomic E-state index is 0.0399. The van der Waals surface area contributed by atoms with Gasteiger partial charge in [0, 0.05) is 48.5 Å². The van der Waals surface area contributed by atoms with Gasteiger partial charge in [-0.1, -0.05) is 13.3 Å². The average Bonchev–Trinajstić information content (AvgIpc) is 3.28. The lowest BCUT2D eigenvalue weighted by Gasteiger charge is -2.32. The summed E-state index contributed by atoms with van der Waals surface area (Å²) in [4.78, 5) is 24.5. The lowest BCUT2D eigenvalue weighted by Crippen LogP contribution is -2.37. The highest BCUT2D eigenvalue weighted by molar-refractivity contribution is 5.94. The van der Waals surface area contributed by atoms with Crippen molar-refractivity contribution in [1.82, 2.24) is 19.4 Å². The van der Waals surface area contributed by atoms with Crippen LogP contribution in [0.4, 0.5) is 10.3 Å². The molecule has 1 aromatic carbocycles. The van der Waals surface area contributed by atoms with E-state index in [1.165, 1.54) is 17.7 Å². The molecule has 5 rings (SSSR count). The number of aliphatic hydroxyl groups excluding tert-OH is 1. The molecule has 2 fully saturated rings. The van der Waals surface area contributed by atoms with Crippen LogP contribution in [0.2, 0.25) is 0 Å². The highest BCUT2D eigenvalue weighted by Gasteiger charge is 2.29. The fraction of sp³-hybridized carbons (Fsp3) is 0.552. The molecule has 0 bridgehead atoms. The third-order valence-corrected chi connectivity index (χ3v) is 8.07. The second-order valence-electron chi connectivity index (χ2n) is 10.8. The van der Waals surface area contributed by atoms with Gasteiger partial charge in [0.15, 0.2) is 0 Å². The van der Waals surface area contributed by atoms with E-state index >= 15 is 0 Å². The molecule has 2 aliphatic rings. The maximum Gasteiger partial charge on any atom is 0.253 e. The van der Waals surface area contributed by atoms with Gasteiger partial charge in [-0.2, -0.15) is 4.98 Å². The molecular weight excluding hydrogens is 469 g/mol. The van der Waals surface area contributed by atoms with Gasteiger partial charge in [0.25, 0.3) is 5.91 Å². The molecule has 1 amide bonds. The molecular formula is C29H38FN5O2. The zero-order valence-electron chi connectivity index (χ0n) is 21.9. The second kappa shape index (κ2) is 11.2. The van der Waals surface area contributed by atoms with Gasteiger partial charge in [-0.25, -0.2) is 9.37 Å². The standard InChI is InChI=1S/C29H38FN5O2/c1-3-4-19(2)32-29-31-17-25-26(18-35(27(25)33-29)23-9-11-24(36)12-10-23)20-13-15-34(16-14-20)28(37)21-5-7-22(30)8-6-21/h5-8,17-20,23-24,36H,3-4,9-16H2,1-2H3,(H,31,32,33). The fourth-order valence-corrected chi connectivity index (χ4v) is 5.96. The Bertz CT molecular complexity index is 1210. The first kappa shape index (κ1) is 25.6. The monoisotopic (exact) mass is 507 g/mol. The first-order chi connectivity index (χ1) is 17.9. The van der Waals surface area contributed by atoms with Gasteiger partial charge in [-0.05, 0) is 87.6 Å². The summed E-state index contributed by atoms with van der Waals surface area (Å²) in [5.41, 5.74) is 2.74. The van der Waals surface area contributed by atoms with Crippen molar-refractivity contribution in [3.63, 3.8) is 0 Å². The smallest absolute Gasteiger partial charge is 0.253 e. The summed E-state index contributed by atoms with van der Waals surface area (Å²) in [5.74, 6) is 0.605. The van der Waals surface area contributed by atoms with E-state index in [1.807, 2.05) is 11.1 Å². The van der Waals surface area contributed by atoms with Crippen LogP contribution in [0.3, 0.4) is 0 Å². The molecule has 1 unspecified atom stereocenters. The van der Waals surface area contributed by atoms with Crippen LogP contribution in [0.1, 0.15) is 93.1 Å². The predicted octanol–water partition coefficient (Wildman–Crippen LogP) is 5.67. The Labute approximate surface area is 218 Å². The summed E-state index contributed by atoms with van der Waals surface area (Å²) < 4.78 is 15.6. The minimum atomic E-state index is -0.334. The van der Waals surface area contributed by atoms with Gasteiger partial charge in [0.2, 0.25) is 5.95 Å². The number of carbonyl (C=O) groups excluding carboxylic acids is 1. The minimum Gasteiger partial charge on any atom is -0.393 e. The molecule has 7 nitrogen and oxygen atoms in total. The van der Waals surface area contributed by atoms with Gasteiger partial charge in [-0.3, -0.25) is 4.79 Å². The zero-order valence-corrected chi connectivity index (χ0v) is 21.9. The number of benzene rings is 1. The number of hydrogen-bond acceptors (Lipinski definition) is 5. The van der Waals surface area contributed by atoms with Crippen LogP contribution in [0.15, 0.2) is 36.7 Å². The second-order valence-corrected chi connectivity index (χ2v) is 10.8. The Morgan fingerprint density at radius 3 is 2.51 bits per heavy atom. The van der Waals surface area contributed by atoms with Crippen LogP contribution in [0.5, 0.6) is 0 Å². The normalized spacial score (nSPS) is 21.8. The summed E-state index contributed by atoms with van der Waals surface area (Å²) >= 11 is 0. The van der Waals surface area contributed by atoms with E-state index in [2.05, 4.69) is 34.9 Å². The van der Waals surface area contributed by atoms with Crippen molar-refractivity contribution in [2.24, 2.45) is 0 Å². The van der Waals surface area contributed by atoms with Crippen molar-refractivity contribution in [2.45, 2.75) is 89.3 Å². The molecule has 0 spiro atoms. The Morgan fingerprint density at radius 1 is 1.14 bits per heavy atom. The van der Waals surface area contributed by atoms with Crippen LogP contribution < -0.4 is 5.32 Å². The van der Waals surface area contributed by atoms with E-state index in [0.717, 1.165) is 62.4 Å². The van der Waals surface area contributed by atoms with Crippen molar-refractivity contribution in [1.29, 1.82) is 0 Å². The fourth-order valence-electron chi connectivity index (χ4n) is 5.96. The SMILES string of the molecule is CCCC(C)Nc1ncc2c(C3CCN(C(=O)c4ccc(F)cc4)CC3)cn(C3CCC(O)CC3)c2n1. The van der Waals surface area contributed by atoms with Crippen molar-refractivity contribution < 1.29 is 14.3 Å². The van der Waals surface area contributed by atoms with Crippen molar-refractivity contribution >= 4 is 22.9 Å². The first-order valence-corrected chi connectivity index (χ1v) is 13.8. The number of rotatable bonds is 7. The molecule has 3 heterocycles. The summed E-state index contributed by atoms with van der Waals surface area (Å²) in [6, 6.07) is 6.41. The number of piperidine rings is 1. The number of anilines is 1. The van der Waals surface area contributed by atoms with Crippen LogP contribution >= 0.6 is 0 Å². The quantitative estimate of drug-likeness (QED) is 0.431. The zero-order chi connectivity index (χ0) is 25.9. The molecule has 1 saturated heterocycles. The molecule has 1 saturated carbocycles. The first-order valence-electron chi connectivity index (χ1n) is 13.8. The number of nitrogens with one attached hydrogen (secondary N) is 1. The van der Waals surface area contributed by atoms with Crippen LogP contribution in [-0.4, -0.2) is 55.7 Å². The Balaban J connectivity index is 1.38. The van der Waals surface area contributed by atoms with Crippen LogP contribution in [0, 0.1) is 5.82 Å². The van der Waals surface area contributed by atoms with Gasteiger partial charge in [0.1, 0.15) is 11.5 Å². The lowest BCUT2D eigenvalue weighted by molar-refractivity contribution is 0.0713. The summed E-state index contributed by atoms with van der Waals surface area (Å²) in [5, 5.41) is 14.6. The van der Waals surface area contributed by atoms with Crippen LogP contribution in [-0.2, 0) is 0 Å². The summed E-state index contributed by atoms with van der Waals surface area (Å²) in [6.07, 6.45) is 11.4. The van der Waals surface area contributed by atoms with Gasteiger partial charge in [0.05, 0.1) is 6.10 Å². The predicted molar refractivity (Wildman–Crippen MR) is 143 cm³/mol. The maximum atomic E-state index is 13.3. The lowest BCUT2D eigenvalue weighted by atomic mass is 9.89. The number of likely N-dealkylation sites (tertiary alicyclic amines) is 1. The van der Waals surface area contributed by atoms with E-state index in [9.17, 15) is 14.3 Å². The molecule has 2 aromatic heterocycles. The van der Waals surface area contributed by atoms with Gasteiger partial charge < -0.3 is 19.9 Å². The molecule has 198 valence electrons. The number of hydrogen-bond donors (Lipinski definition) is 2. The number of halogens is 1. The Kier molecular flexibility index (Phi) is 7.74. The molecule has 3 aromatic rings. The molecule has 1 aliphatic heterocycles. The van der Waals surface area contributed by atoms with E-state index in [4.69, 9.17) is 4.98 Å². The maximum absolute atomic E-state index is 13.3. The molecule has 8 heteroatoms. The summed E-state index contributed by atoms with van der Waals surface area (Å²) in [7, 11) is 0. The number of nitrogens with zero attached hydrogens (tertiary/aromatic N) is 4. The van der Waals surface area contributed by atoms with E-state index in [-0.39, 0.29) is 17.8 Å². The number of aliphatic hydroxyl groups is 1. The number of amides is 1. The molecule has 37 heavy (non-hydrogen) atoms.